The van der Waals surface area contributed by atoms with Gasteiger partial charge in [-0.05, 0) is 43.2 Å². The maximum atomic E-state index is 10.8. The largest absolute Gasteiger partial charge is 0.508 e. The van der Waals surface area contributed by atoms with Gasteiger partial charge >= 0.3 is 5.97 Å². The van der Waals surface area contributed by atoms with Crippen LogP contribution >= 0.6 is 0 Å². The highest BCUT2D eigenvalue weighted by Gasteiger charge is 2.43. The van der Waals surface area contributed by atoms with E-state index in [4.69, 9.17) is 5.11 Å². The fraction of sp³-hybridized carbons (Fsp3) is 0.500. The van der Waals surface area contributed by atoms with Crippen molar-refractivity contribution in [3.8, 4) is 5.75 Å². The molecule has 3 unspecified atom stereocenters. The molecular formula is C14H18O3. The van der Waals surface area contributed by atoms with Gasteiger partial charge in [0, 0.05) is 0 Å². The molecule has 1 aromatic rings. The van der Waals surface area contributed by atoms with Crippen LogP contribution in [-0.2, 0) is 4.79 Å². The van der Waals surface area contributed by atoms with Crippen LogP contribution in [0.5, 0.6) is 5.75 Å². The molecule has 92 valence electrons. The van der Waals surface area contributed by atoms with E-state index in [2.05, 4.69) is 0 Å². The zero-order chi connectivity index (χ0) is 12.6. The van der Waals surface area contributed by atoms with Crippen LogP contribution in [0, 0.1) is 18.8 Å². The van der Waals surface area contributed by atoms with Gasteiger partial charge in [-0.25, -0.2) is 0 Å². The summed E-state index contributed by atoms with van der Waals surface area (Å²) in [7, 11) is 0. The molecule has 3 atom stereocenters. The van der Waals surface area contributed by atoms with Crippen molar-refractivity contribution in [3.63, 3.8) is 0 Å². The van der Waals surface area contributed by atoms with Crippen LogP contribution in [-0.4, -0.2) is 16.2 Å². The SMILES string of the molecule is Cc1ccc(O)c(C(C)CC2CC2C(=O)O)c1. The topological polar surface area (TPSA) is 57.5 Å². The van der Waals surface area contributed by atoms with Gasteiger partial charge in [-0.2, -0.15) is 0 Å². The lowest BCUT2D eigenvalue weighted by Crippen LogP contribution is -2.02. The number of aromatic hydroxyl groups is 1. The molecular weight excluding hydrogens is 216 g/mol. The van der Waals surface area contributed by atoms with E-state index in [1.165, 1.54) is 0 Å². The van der Waals surface area contributed by atoms with Crippen LogP contribution in [0.2, 0.25) is 0 Å². The Morgan fingerprint density at radius 1 is 1.53 bits per heavy atom. The molecule has 0 heterocycles. The third kappa shape index (κ3) is 2.60. The number of hydrogen-bond acceptors (Lipinski definition) is 2. The average molecular weight is 234 g/mol. The van der Waals surface area contributed by atoms with Crippen LogP contribution in [0.1, 0.15) is 36.8 Å². The second-order valence-electron chi connectivity index (χ2n) is 5.14. The molecule has 3 heteroatoms. The number of aliphatic carboxylic acids is 1. The first-order valence-electron chi connectivity index (χ1n) is 6.01. The quantitative estimate of drug-likeness (QED) is 0.842. The number of carbonyl (C=O) groups is 1. The summed E-state index contributed by atoms with van der Waals surface area (Å²) in [5, 5.41) is 18.7. The van der Waals surface area contributed by atoms with Crippen molar-refractivity contribution in [3.05, 3.63) is 29.3 Å². The van der Waals surface area contributed by atoms with Gasteiger partial charge in [0.25, 0.3) is 0 Å². The summed E-state index contributed by atoms with van der Waals surface area (Å²) in [6.45, 7) is 4.04. The van der Waals surface area contributed by atoms with E-state index in [0.29, 0.717) is 5.75 Å². The monoisotopic (exact) mass is 234 g/mol. The van der Waals surface area contributed by atoms with Gasteiger partial charge in [-0.1, -0.05) is 24.6 Å². The predicted molar refractivity (Wildman–Crippen MR) is 65.1 cm³/mol. The lowest BCUT2D eigenvalue weighted by molar-refractivity contribution is -0.138. The third-order valence-electron chi connectivity index (χ3n) is 3.61. The minimum Gasteiger partial charge on any atom is -0.508 e. The number of carboxylic acids is 1. The van der Waals surface area contributed by atoms with Gasteiger partial charge in [0.2, 0.25) is 0 Å². The van der Waals surface area contributed by atoms with E-state index < -0.39 is 5.97 Å². The van der Waals surface area contributed by atoms with E-state index in [9.17, 15) is 9.90 Å². The van der Waals surface area contributed by atoms with Crippen molar-refractivity contribution in [1.29, 1.82) is 0 Å². The van der Waals surface area contributed by atoms with E-state index in [1.807, 2.05) is 26.0 Å². The molecule has 0 amide bonds. The van der Waals surface area contributed by atoms with Crippen molar-refractivity contribution in [2.45, 2.75) is 32.6 Å². The lowest BCUT2D eigenvalue weighted by Gasteiger charge is -2.14. The molecule has 0 aromatic heterocycles. The van der Waals surface area contributed by atoms with E-state index in [-0.39, 0.29) is 17.8 Å². The summed E-state index contributed by atoms with van der Waals surface area (Å²) in [5.74, 6) is -0.0395. The second-order valence-corrected chi connectivity index (χ2v) is 5.14. The molecule has 1 saturated carbocycles. The van der Waals surface area contributed by atoms with Crippen LogP contribution in [0.4, 0.5) is 0 Å². The van der Waals surface area contributed by atoms with Crippen LogP contribution in [0.25, 0.3) is 0 Å². The predicted octanol–water partition coefficient (Wildman–Crippen LogP) is 2.91. The maximum Gasteiger partial charge on any atom is 0.306 e. The molecule has 1 aromatic carbocycles. The molecule has 3 nitrogen and oxygen atoms in total. The summed E-state index contributed by atoms with van der Waals surface area (Å²) in [5.41, 5.74) is 2.05. The number of aryl methyl sites for hydroxylation is 1. The summed E-state index contributed by atoms with van der Waals surface area (Å²) in [4.78, 5) is 10.8. The minimum absolute atomic E-state index is 0.163. The lowest BCUT2D eigenvalue weighted by atomic mass is 9.93. The summed E-state index contributed by atoms with van der Waals surface area (Å²) < 4.78 is 0. The smallest absolute Gasteiger partial charge is 0.306 e. The summed E-state index contributed by atoms with van der Waals surface area (Å²) in [6.07, 6.45) is 1.63. The second kappa shape index (κ2) is 4.40. The molecule has 1 fully saturated rings. The molecule has 2 rings (SSSR count). The van der Waals surface area contributed by atoms with Crippen LogP contribution in [0.3, 0.4) is 0 Å². The van der Waals surface area contributed by atoms with Crippen molar-refractivity contribution in [2.75, 3.05) is 0 Å². The van der Waals surface area contributed by atoms with Crippen molar-refractivity contribution >= 4 is 5.97 Å². The molecule has 0 aliphatic heterocycles. The highest BCUT2D eigenvalue weighted by Crippen LogP contribution is 2.46. The number of carboxylic acid groups (broad SMARTS) is 1. The van der Waals surface area contributed by atoms with Crippen LogP contribution < -0.4 is 0 Å². The average Bonchev–Trinajstić information content (AvgIpc) is 3.01. The molecule has 0 saturated heterocycles. The zero-order valence-corrected chi connectivity index (χ0v) is 10.2. The van der Waals surface area contributed by atoms with Gasteiger partial charge < -0.3 is 10.2 Å². The minimum atomic E-state index is -0.685. The normalized spacial score (nSPS) is 24.4. The molecule has 1 aliphatic rings. The van der Waals surface area contributed by atoms with Gasteiger partial charge in [-0.3, -0.25) is 4.79 Å². The third-order valence-corrected chi connectivity index (χ3v) is 3.61. The van der Waals surface area contributed by atoms with E-state index in [0.717, 1.165) is 24.0 Å². The summed E-state index contributed by atoms with van der Waals surface area (Å²) in [6, 6.07) is 5.57. The molecule has 0 radical (unpaired) electrons. The number of phenols is 1. The van der Waals surface area contributed by atoms with Crippen molar-refractivity contribution in [1.82, 2.24) is 0 Å². The molecule has 0 spiro atoms. The number of benzene rings is 1. The Kier molecular flexibility index (Phi) is 3.09. The first kappa shape index (κ1) is 12.0. The number of phenolic OH excluding ortho intramolecular Hbond substituents is 1. The molecule has 2 N–H and O–H groups in total. The molecule has 1 aliphatic carbocycles. The summed E-state index contributed by atoms with van der Waals surface area (Å²) >= 11 is 0. The Hall–Kier alpha value is -1.51. The standard InChI is InChI=1S/C14H18O3/c1-8-3-4-13(15)11(5-8)9(2)6-10-7-12(10)14(16)17/h3-5,9-10,12,15H,6-7H2,1-2H3,(H,16,17). The van der Waals surface area contributed by atoms with Gasteiger partial charge in [0.15, 0.2) is 0 Å². The Morgan fingerprint density at radius 2 is 2.24 bits per heavy atom. The van der Waals surface area contributed by atoms with Crippen molar-refractivity contribution < 1.29 is 15.0 Å². The van der Waals surface area contributed by atoms with E-state index in [1.54, 1.807) is 6.07 Å². The molecule has 17 heavy (non-hydrogen) atoms. The Bertz CT molecular complexity index is 439. The van der Waals surface area contributed by atoms with Gasteiger partial charge in [-0.15, -0.1) is 0 Å². The first-order chi connectivity index (χ1) is 7.99. The molecule has 0 bridgehead atoms. The fourth-order valence-electron chi connectivity index (χ4n) is 2.46. The Morgan fingerprint density at radius 3 is 2.82 bits per heavy atom. The Balaban J connectivity index is 2.03. The highest BCUT2D eigenvalue weighted by molar-refractivity contribution is 5.73. The van der Waals surface area contributed by atoms with Crippen molar-refractivity contribution in [2.24, 2.45) is 11.8 Å². The number of hydrogen-bond donors (Lipinski definition) is 2. The van der Waals surface area contributed by atoms with Crippen LogP contribution in [0.15, 0.2) is 18.2 Å². The highest BCUT2D eigenvalue weighted by atomic mass is 16.4. The number of rotatable bonds is 4. The first-order valence-corrected chi connectivity index (χ1v) is 6.01. The fourth-order valence-corrected chi connectivity index (χ4v) is 2.46. The van der Waals surface area contributed by atoms with Gasteiger partial charge in [0.1, 0.15) is 5.75 Å². The van der Waals surface area contributed by atoms with E-state index >= 15 is 0 Å². The van der Waals surface area contributed by atoms with Gasteiger partial charge in [0.05, 0.1) is 5.92 Å². The maximum absolute atomic E-state index is 10.8. The Labute approximate surface area is 101 Å². The zero-order valence-electron chi connectivity index (χ0n) is 10.2.